The Morgan fingerprint density at radius 3 is 2.29 bits per heavy atom. The van der Waals surface area contributed by atoms with Crippen molar-refractivity contribution in [3.63, 3.8) is 0 Å². The summed E-state index contributed by atoms with van der Waals surface area (Å²) >= 11 is 0. The number of carbonyl (C=O) groups is 2. The van der Waals surface area contributed by atoms with Gasteiger partial charge >= 0.3 is 5.97 Å². The Hall–Kier alpha value is -2.72. The lowest BCUT2D eigenvalue weighted by Gasteiger charge is -2.09. The molecule has 0 fully saturated rings. The maximum absolute atomic E-state index is 12.2. The van der Waals surface area contributed by atoms with E-state index in [4.69, 9.17) is 14.9 Å². The first-order chi connectivity index (χ1) is 13.1. The van der Waals surface area contributed by atoms with Gasteiger partial charge in [0.25, 0.3) is 0 Å². The minimum absolute atomic E-state index is 0.0254. The second kappa shape index (κ2) is 10.6. The van der Waals surface area contributed by atoms with Gasteiger partial charge in [0.15, 0.2) is 5.78 Å². The maximum atomic E-state index is 12.2. The van der Waals surface area contributed by atoms with Crippen LogP contribution in [0.5, 0.6) is 5.75 Å². The van der Waals surface area contributed by atoms with E-state index in [9.17, 15) is 23.1 Å². The molecule has 0 aromatic heterocycles. The molecule has 0 amide bonds. The van der Waals surface area contributed by atoms with Crippen LogP contribution in [0.2, 0.25) is 0 Å². The van der Waals surface area contributed by atoms with E-state index < -0.39 is 34.1 Å². The van der Waals surface area contributed by atoms with E-state index in [1.165, 1.54) is 38.1 Å². The molecule has 1 rings (SSSR count). The number of sulfonamides is 1. The molecule has 0 atom stereocenters. The molecule has 0 aliphatic rings. The van der Waals surface area contributed by atoms with Crippen molar-refractivity contribution in [1.82, 2.24) is 4.72 Å². The highest BCUT2D eigenvalue weighted by Gasteiger charge is 2.17. The van der Waals surface area contributed by atoms with Crippen LogP contribution < -0.4 is 9.46 Å². The van der Waals surface area contributed by atoms with Gasteiger partial charge in [0.2, 0.25) is 10.0 Å². The van der Waals surface area contributed by atoms with Crippen molar-refractivity contribution in [2.75, 3.05) is 19.8 Å². The monoisotopic (exact) mass is 412 g/mol. The zero-order valence-corrected chi connectivity index (χ0v) is 16.8. The van der Waals surface area contributed by atoms with Crippen molar-refractivity contribution >= 4 is 27.5 Å². The highest BCUT2D eigenvalue weighted by Crippen LogP contribution is 2.15. The summed E-state index contributed by atoms with van der Waals surface area (Å²) < 4.78 is 36.7. The Kier molecular flexibility index (Phi) is 8.80. The van der Waals surface area contributed by atoms with Gasteiger partial charge in [-0.15, -0.1) is 0 Å². The fourth-order valence-corrected chi connectivity index (χ4v) is 3.26. The summed E-state index contributed by atoms with van der Waals surface area (Å²) in [4.78, 5) is 23.1. The van der Waals surface area contributed by atoms with Crippen LogP contribution in [0.15, 0.2) is 40.5 Å². The first-order valence-electron chi connectivity index (χ1n) is 8.45. The molecule has 10 heteroatoms. The van der Waals surface area contributed by atoms with E-state index in [0.717, 1.165) is 0 Å². The third-order valence-electron chi connectivity index (χ3n) is 3.45. The summed E-state index contributed by atoms with van der Waals surface area (Å²) in [5, 5.41) is 17.2. The van der Waals surface area contributed by atoms with E-state index in [1.54, 1.807) is 0 Å². The van der Waals surface area contributed by atoms with Crippen molar-refractivity contribution in [3.8, 4) is 5.75 Å². The van der Waals surface area contributed by atoms with Crippen molar-refractivity contribution in [2.45, 2.75) is 32.1 Å². The van der Waals surface area contributed by atoms with Crippen LogP contribution in [0.1, 0.15) is 27.2 Å². The number of ether oxygens (including phenoxy) is 2. The minimum atomic E-state index is -3.80. The molecule has 28 heavy (non-hydrogen) atoms. The average Bonchev–Trinajstić information content (AvgIpc) is 2.60. The fourth-order valence-electron chi connectivity index (χ4n) is 2.23. The van der Waals surface area contributed by atoms with E-state index in [-0.39, 0.29) is 29.1 Å². The molecule has 3 N–H and O–H groups in total. The Bertz CT molecular complexity index is 842. The Morgan fingerprint density at radius 2 is 1.79 bits per heavy atom. The highest BCUT2D eigenvalue weighted by atomic mass is 32.2. The topological polar surface area (TPSA) is 143 Å². The standard InChI is InChI=1S/C18H24N2O7S/c1-4-26-14-5-7-15(8-6-14)28(24,25)20-10-9-17(23)27-11-16(22)18(12(2)19)13(3)21/h5-8,19-20,22H,4,9-11H2,1-3H3/b18-16-,19-12?. The molecule has 1 aromatic carbocycles. The van der Waals surface area contributed by atoms with Crippen LogP contribution in [-0.4, -0.2) is 50.7 Å². The van der Waals surface area contributed by atoms with Crippen LogP contribution in [0.4, 0.5) is 0 Å². The number of nitrogens with one attached hydrogen (secondary N) is 2. The SMILES string of the molecule is CCOc1ccc(S(=O)(=O)NCCC(=O)OC/C(O)=C(\C(C)=N)C(C)=O)cc1. The molecule has 0 bridgehead atoms. The van der Waals surface area contributed by atoms with E-state index in [0.29, 0.717) is 12.4 Å². The fraction of sp³-hybridized carbons (Fsp3) is 0.389. The zero-order chi connectivity index (χ0) is 21.3. The van der Waals surface area contributed by atoms with Gasteiger partial charge in [0, 0.05) is 12.3 Å². The number of esters is 1. The van der Waals surface area contributed by atoms with Gasteiger partial charge in [-0.2, -0.15) is 0 Å². The molecule has 1 aromatic rings. The molecule has 9 nitrogen and oxygen atoms in total. The molecule has 0 aliphatic carbocycles. The number of aliphatic hydroxyl groups excluding tert-OH is 1. The van der Waals surface area contributed by atoms with Crippen LogP contribution in [0, 0.1) is 5.41 Å². The largest absolute Gasteiger partial charge is 0.508 e. The molecule has 0 aliphatic heterocycles. The second-order valence-electron chi connectivity index (χ2n) is 5.72. The second-order valence-corrected chi connectivity index (χ2v) is 7.48. The first kappa shape index (κ1) is 23.3. The lowest BCUT2D eigenvalue weighted by atomic mass is 10.1. The van der Waals surface area contributed by atoms with Gasteiger partial charge in [0.05, 0.1) is 23.5 Å². The Morgan fingerprint density at radius 1 is 1.18 bits per heavy atom. The van der Waals surface area contributed by atoms with Gasteiger partial charge in [-0.05, 0) is 45.0 Å². The molecule has 0 unspecified atom stereocenters. The van der Waals surface area contributed by atoms with E-state index in [2.05, 4.69) is 4.72 Å². The zero-order valence-electron chi connectivity index (χ0n) is 15.9. The molecule has 0 spiro atoms. The van der Waals surface area contributed by atoms with Crippen molar-refractivity contribution in [3.05, 3.63) is 35.6 Å². The molecule has 154 valence electrons. The summed E-state index contributed by atoms with van der Waals surface area (Å²) in [5.41, 5.74) is -0.367. The third-order valence-corrected chi connectivity index (χ3v) is 4.93. The summed E-state index contributed by atoms with van der Waals surface area (Å²) in [5.74, 6) is -1.28. The first-order valence-corrected chi connectivity index (χ1v) is 9.93. The number of Topliss-reactive ketones (excluding diaryl/α,β-unsaturated/α-hetero) is 1. The Balaban J connectivity index is 2.56. The number of hydrogen-bond acceptors (Lipinski definition) is 8. The minimum Gasteiger partial charge on any atom is -0.508 e. The smallest absolute Gasteiger partial charge is 0.307 e. The molecule has 0 heterocycles. The van der Waals surface area contributed by atoms with E-state index in [1.807, 2.05) is 6.92 Å². The van der Waals surface area contributed by atoms with Gasteiger partial charge in [-0.1, -0.05) is 0 Å². The number of allylic oxidation sites excluding steroid dienone is 1. The molecule has 0 radical (unpaired) electrons. The molecular formula is C18H24N2O7S. The number of carbonyl (C=O) groups excluding carboxylic acids is 2. The summed E-state index contributed by atoms with van der Waals surface area (Å²) in [6.07, 6.45) is -0.275. The van der Waals surface area contributed by atoms with Crippen LogP contribution >= 0.6 is 0 Å². The van der Waals surface area contributed by atoms with Crippen molar-refractivity contribution < 1.29 is 32.6 Å². The number of ketones is 1. The molecule has 0 saturated carbocycles. The van der Waals surface area contributed by atoms with Crippen molar-refractivity contribution in [1.29, 1.82) is 5.41 Å². The van der Waals surface area contributed by atoms with Gasteiger partial charge < -0.3 is 20.0 Å². The summed E-state index contributed by atoms with van der Waals surface area (Å²) in [7, 11) is -3.80. The summed E-state index contributed by atoms with van der Waals surface area (Å²) in [6, 6.07) is 5.83. The number of hydrogen-bond donors (Lipinski definition) is 3. The Labute approximate surface area is 163 Å². The number of aliphatic hydroxyl groups is 1. The van der Waals surface area contributed by atoms with Gasteiger partial charge in [-0.25, -0.2) is 13.1 Å². The number of rotatable bonds is 11. The summed E-state index contributed by atoms with van der Waals surface area (Å²) in [6.45, 7) is 4.00. The van der Waals surface area contributed by atoms with E-state index >= 15 is 0 Å². The van der Waals surface area contributed by atoms with Gasteiger partial charge in [0.1, 0.15) is 18.1 Å². The predicted molar refractivity (Wildman–Crippen MR) is 102 cm³/mol. The number of benzene rings is 1. The molecule has 0 saturated heterocycles. The van der Waals surface area contributed by atoms with Crippen LogP contribution in [0.25, 0.3) is 0 Å². The highest BCUT2D eigenvalue weighted by molar-refractivity contribution is 7.89. The maximum Gasteiger partial charge on any atom is 0.307 e. The molecular weight excluding hydrogens is 388 g/mol. The normalized spacial score (nSPS) is 12.1. The third kappa shape index (κ3) is 7.12. The van der Waals surface area contributed by atoms with Crippen LogP contribution in [-0.2, 0) is 24.3 Å². The van der Waals surface area contributed by atoms with Gasteiger partial charge in [-0.3, -0.25) is 9.59 Å². The van der Waals surface area contributed by atoms with Crippen molar-refractivity contribution in [2.24, 2.45) is 0 Å². The lowest BCUT2D eigenvalue weighted by molar-refractivity contribution is -0.143. The quantitative estimate of drug-likeness (QED) is 0.217. The van der Waals surface area contributed by atoms with Crippen LogP contribution in [0.3, 0.4) is 0 Å². The average molecular weight is 412 g/mol. The lowest BCUT2D eigenvalue weighted by Crippen LogP contribution is -2.27. The predicted octanol–water partition coefficient (Wildman–Crippen LogP) is 1.74.